The number of carbonyl (C=O) groups excluding carboxylic acids is 3. The van der Waals surface area contributed by atoms with Gasteiger partial charge in [0, 0.05) is 47.4 Å². The lowest BCUT2D eigenvalue weighted by molar-refractivity contribution is -0.158. The number of carboxylic acid groups (broad SMARTS) is 2. The number of nitrogens with one attached hydrogen (secondary N) is 2. The van der Waals surface area contributed by atoms with Crippen molar-refractivity contribution in [3.05, 3.63) is 44.6 Å². The lowest BCUT2D eigenvalue weighted by atomic mass is 9.83. The SMILES string of the molecule is Cc1sc(N)nc1/C(=N/OC(C(=O)O)C1CCC(F)(F)CC1)C(=O)N[C@@H]1C(=O)N2C(C(=O)O)=C(CSCCNC(=O)c3ccc(O)c(O)c3Cl)CS[C@H]12. The van der Waals surface area contributed by atoms with Gasteiger partial charge in [0.25, 0.3) is 17.7 Å². The third kappa shape index (κ3) is 8.73. The first-order chi connectivity index (χ1) is 25.0. The summed E-state index contributed by atoms with van der Waals surface area (Å²) < 4.78 is 27.5. The summed E-state index contributed by atoms with van der Waals surface area (Å²) in [6.45, 7) is 1.72. The summed E-state index contributed by atoms with van der Waals surface area (Å²) in [4.78, 5) is 74.7. The molecular weight excluding hydrogens is 786 g/mol. The number of anilines is 1. The van der Waals surface area contributed by atoms with Crippen LogP contribution in [0.5, 0.6) is 11.5 Å². The monoisotopic (exact) mass is 818 g/mol. The maximum Gasteiger partial charge on any atom is 0.352 e. The fraction of sp³-hybridized carbons (Fsp3) is 0.452. The number of nitrogens with two attached hydrogens (primary N) is 1. The first kappa shape index (κ1) is 39.9. The number of alkyl halides is 2. The number of thiazole rings is 1. The first-order valence-corrected chi connectivity index (χ1v) is 19.3. The average molecular weight is 819 g/mol. The largest absolute Gasteiger partial charge is 0.504 e. The molecule has 3 heterocycles. The number of amides is 3. The highest BCUT2D eigenvalue weighted by atomic mass is 35.5. The summed E-state index contributed by atoms with van der Waals surface area (Å²) in [6, 6.07) is 1.17. The number of β-lactam (4-membered cyclic amide) rings is 1. The summed E-state index contributed by atoms with van der Waals surface area (Å²) in [5.41, 5.74) is 5.42. The van der Waals surface area contributed by atoms with Gasteiger partial charge in [-0.05, 0) is 37.5 Å². The van der Waals surface area contributed by atoms with E-state index in [1.165, 1.54) is 29.6 Å². The minimum absolute atomic E-state index is 0.0461. The Morgan fingerprint density at radius 1 is 1.23 bits per heavy atom. The van der Waals surface area contributed by atoms with Crippen LogP contribution in [0, 0.1) is 12.8 Å². The van der Waals surface area contributed by atoms with E-state index in [4.69, 9.17) is 22.2 Å². The Morgan fingerprint density at radius 2 is 1.92 bits per heavy atom. The molecule has 5 rings (SSSR count). The molecule has 22 heteroatoms. The molecule has 1 aliphatic carbocycles. The maximum atomic E-state index is 13.7. The van der Waals surface area contributed by atoms with Crippen LogP contribution in [0.4, 0.5) is 13.9 Å². The Balaban J connectivity index is 1.23. The number of fused-ring (bicyclic) bond motifs is 1. The number of phenolic OH excluding ortho intramolecular Hbond substituents is 2. The van der Waals surface area contributed by atoms with E-state index in [9.17, 15) is 53.2 Å². The first-order valence-electron chi connectivity index (χ1n) is 15.9. The molecule has 2 fully saturated rings. The van der Waals surface area contributed by atoms with Gasteiger partial charge in [0.1, 0.15) is 22.8 Å². The summed E-state index contributed by atoms with van der Waals surface area (Å²) >= 11 is 9.43. The Bertz CT molecular complexity index is 1890. The lowest BCUT2D eigenvalue weighted by Crippen LogP contribution is -2.71. The number of aryl methyl sites for hydroxylation is 1. The zero-order chi connectivity index (χ0) is 38.8. The van der Waals surface area contributed by atoms with Crippen molar-refractivity contribution >= 4 is 87.0 Å². The number of hydrogen-bond donors (Lipinski definition) is 7. The molecule has 1 aromatic heterocycles. The number of phenols is 2. The fourth-order valence-corrected chi connectivity index (χ4v) is 9.18. The van der Waals surface area contributed by atoms with Gasteiger partial charge in [0.05, 0.1) is 10.6 Å². The molecule has 2 aliphatic heterocycles. The van der Waals surface area contributed by atoms with Crippen LogP contribution in [-0.2, 0) is 24.0 Å². The number of benzene rings is 1. The molecule has 1 aromatic carbocycles. The number of halogens is 3. The number of nitrogens with zero attached hydrogens (tertiary/aromatic N) is 3. The molecule has 53 heavy (non-hydrogen) atoms. The number of rotatable bonds is 14. The molecule has 2 aromatic rings. The van der Waals surface area contributed by atoms with Crippen molar-refractivity contribution in [2.75, 3.05) is 29.5 Å². The molecule has 286 valence electrons. The minimum Gasteiger partial charge on any atom is -0.504 e. The predicted molar refractivity (Wildman–Crippen MR) is 191 cm³/mol. The molecule has 3 aliphatic rings. The van der Waals surface area contributed by atoms with Crippen molar-refractivity contribution in [2.45, 2.75) is 56.0 Å². The van der Waals surface area contributed by atoms with Crippen molar-refractivity contribution in [1.29, 1.82) is 0 Å². The van der Waals surface area contributed by atoms with Gasteiger partial charge in [-0.2, -0.15) is 11.8 Å². The molecule has 1 saturated carbocycles. The number of aromatic hydroxyl groups is 2. The van der Waals surface area contributed by atoms with Crippen molar-refractivity contribution < 1.29 is 58.0 Å². The van der Waals surface area contributed by atoms with Crippen LogP contribution in [-0.4, -0.2) is 113 Å². The standard InChI is InChI=1S/C31H33ClF2N6O10S3/c1-12-18(38-30(35)53-12)19(39-50-23(29(48)49)13-4-6-31(33,34)7-5-13)25(44)37-20-26(45)40-21(28(46)47)14(11-52-27(20)40)10-51-9-8-36-24(43)15-2-3-16(41)22(42)17(15)32/h2-3,13,20,23,27,41-42H,4-11H2,1H3,(H2,35,38)(H,36,43)(H,37,44)(H,46,47)(H,48,49)/b39-19-/t20-,23?,27-/m1/s1. The van der Waals surface area contributed by atoms with Crippen molar-refractivity contribution in [3.63, 3.8) is 0 Å². The molecule has 0 spiro atoms. The smallest absolute Gasteiger partial charge is 0.352 e. The van der Waals surface area contributed by atoms with E-state index in [2.05, 4.69) is 20.8 Å². The van der Waals surface area contributed by atoms with E-state index >= 15 is 0 Å². The van der Waals surface area contributed by atoms with E-state index in [1.54, 1.807) is 6.92 Å². The maximum absolute atomic E-state index is 13.7. The molecule has 16 nitrogen and oxygen atoms in total. The third-order valence-electron chi connectivity index (χ3n) is 8.63. The summed E-state index contributed by atoms with van der Waals surface area (Å²) in [5, 5.41) is 47.0. The number of carbonyl (C=O) groups is 5. The zero-order valence-electron chi connectivity index (χ0n) is 27.6. The minimum atomic E-state index is -2.92. The normalized spacial score (nSPS) is 20.6. The number of nitrogen functional groups attached to an aromatic ring is 1. The van der Waals surface area contributed by atoms with Crippen LogP contribution in [0.15, 0.2) is 28.6 Å². The van der Waals surface area contributed by atoms with Crippen LogP contribution < -0.4 is 16.4 Å². The highest BCUT2D eigenvalue weighted by Crippen LogP contribution is 2.42. The van der Waals surface area contributed by atoms with E-state index in [0.717, 1.165) is 22.3 Å². The predicted octanol–water partition coefficient (Wildman–Crippen LogP) is 3.00. The zero-order valence-corrected chi connectivity index (χ0v) is 30.8. The lowest BCUT2D eigenvalue weighted by Gasteiger charge is -2.49. The van der Waals surface area contributed by atoms with Gasteiger partial charge in [0.15, 0.2) is 22.3 Å². The molecule has 0 radical (unpaired) electrons. The average Bonchev–Trinajstić information content (AvgIpc) is 3.44. The molecule has 1 saturated heterocycles. The molecule has 3 amide bonds. The van der Waals surface area contributed by atoms with Crippen LogP contribution in [0.1, 0.15) is 46.6 Å². The number of aromatic nitrogens is 1. The van der Waals surface area contributed by atoms with Crippen LogP contribution in [0.3, 0.4) is 0 Å². The van der Waals surface area contributed by atoms with Gasteiger partial charge in [-0.25, -0.2) is 23.4 Å². The molecule has 1 unspecified atom stereocenters. The van der Waals surface area contributed by atoms with E-state index in [1.807, 2.05) is 0 Å². The Labute approximate surface area is 317 Å². The van der Waals surface area contributed by atoms with Gasteiger partial charge in [-0.15, -0.1) is 23.1 Å². The molecule has 8 N–H and O–H groups in total. The van der Waals surface area contributed by atoms with E-state index < -0.39 is 89.1 Å². The van der Waals surface area contributed by atoms with Crippen LogP contribution in [0.25, 0.3) is 0 Å². The highest BCUT2D eigenvalue weighted by Gasteiger charge is 2.54. The number of oxime groups is 1. The quantitative estimate of drug-likeness (QED) is 0.0476. The number of carboxylic acids is 2. The Hall–Kier alpha value is -4.34. The van der Waals surface area contributed by atoms with Crippen molar-refractivity contribution in [1.82, 2.24) is 20.5 Å². The van der Waals surface area contributed by atoms with Crippen molar-refractivity contribution in [3.8, 4) is 11.5 Å². The van der Waals surface area contributed by atoms with Gasteiger partial charge >= 0.3 is 11.9 Å². The highest BCUT2D eigenvalue weighted by molar-refractivity contribution is 8.01. The van der Waals surface area contributed by atoms with E-state index in [-0.39, 0.29) is 58.0 Å². The fourth-order valence-electron chi connectivity index (χ4n) is 5.90. The summed E-state index contributed by atoms with van der Waals surface area (Å²) in [6.07, 6.45) is -3.00. The topological polar surface area (TPSA) is 254 Å². The van der Waals surface area contributed by atoms with E-state index in [0.29, 0.717) is 16.2 Å². The number of aliphatic carboxylic acids is 2. The Morgan fingerprint density at radius 3 is 2.55 bits per heavy atom. The van der Waals surface area contributed by atoms with Gasteiger partial charge in [0.2, 0.25) is 12.0 Å². The molecular formula is C31H33ClF2N6O10S3. The Kier molecular flexibility index (Phi) is 12.3. The van der Waals surface area contributed by atoms with Gasteiger partial charge in [-0.1, -0.05) is 16.8 Å². The second-order valence-electron chi connectivity index (χ2n) is 12.2. The van der Waals surface area contributed by atoms with Crippen molar-refractivity contribution in [2.24, 2.45) is 11.1 Å². The summed E-state index contributed by atoms with van der Waals surface area (Å²) in [5.74, 6) is -9.24. The summed E-state index contributed by atoms with van der Waals surface area (Å²) in [7, 11) is 0. The molecule has 0 bridgehead atoms. The van der Waals surface area contributed by atoms with Crippen LogP contribution >= 0.6 is 46.5 Å². The van der Waals surface area contributed by atoms with Crippen LogP contribution in [0.2, 0.25) is 5.02 Å². The second-order valence-corrected chi connectivity index (χ2v) is 16.0. The number of hydrogen-bond acceptors (Lipinski definition) is 14. The second kappa shape index (κ2) is 16.4. The molecule has 3 atom stereocenters. The van der Waals surface area contributed by atoms with Gasteiger partial charge < -0.3 is 41.6 Å². The van der Waals surface area contributed by atoms with Gasteiger partial charge in [-0.3, -0.25) is 19.3 Å². The number of thioether (sulfide) groups is 2. The third-order valence-corrected chi connectivity index (χ3v) is 12.2.